The molecule has 0 aromatic heterocycles. The van der Waals surface area contributed by atoms with Crippen molar-refractivity contribution in [2.45, 2.75) is 37.1 Å². The molecule has 0 radical (unpaired) electrons. The fourth-order valence-corrected chi connectivity index (χ4v) is 4.30. The van der Waals surface area contributed by atoms with Crippen LogP contribution >= 0.6 is 0 Å². The molecule has 1 aliphatic heterocycles. The molecule has 0 spiro atoms. The lowest BCUT2D eigenvalue weighted by molar-refractivity contribution is 0.277. The minimum absolute atomic E-state index is 0.0860. The maximum Gasteiger partial charge on any atom is 0.182 e. The molecule has 2 rings (SSSR count). The van der Waals surface area contributed by atoms with E-state index in [1.807, 2.05) is 6.07 Å². The van der Waals surface area contributed by atoms with Crippen molar-refractivity contribution in [3.63, 3.8) is 0 Å². The van der Waals surface area contributed by atoms with Gasteiger partial charge in [-0.1, -0.05) is 25.0 Å². The Morgan fingerprint density at radius 2 is 1.91 bits per heavy atom. The predicted molar refractivity (Wildman–Crippen MR) is 90.5 cm³/mol. The van der Waals surface area contributed by atoms with E-state index in [2.05, 4.69) is 4.90 Å². The lowest BCUT2D eigenvalue weighted by atomic mass is 10.2. The van der Waals surface area contributed by atoms with E-state index in [1.165, 1.54) is 25.7 Å². The number of likely N-dealkylation sites (tertiary alicyclic amines) is 1. The summed E-state index contributed by atoms with van der Waals surface area (Å²) >= 11 is 0. The maximum absolute atomic E-state index is 12.6. The lowest BCUT2D eigenvalue weighted by Crippen LogP contribution is -2.24. The number of halogens is 1. The molecule has 0 aliphatic carbocycles. The third-order valence-corrected chi connectivity index (χ3v) is 5.88. The quantitative estimate of drug-likeness (QED) is 0.865. The summed E-state index contributed by atoms with van der Waals surface area (Å²) in [6, 6.07) is 6.96. The highest BCUT2D eigenvalue weighted by molar-refractivity contribution is 7.91. The second-order valence-electron chi connectivity index (χ2n) is 6.07. The normalized spacial score (nSPS) is 17.9. The molecular formula is C17H25FN2O2S. The number of rotatable bonds is 6. The van der Waals surface area contributed by atoms with Crippen molar-refractivity contribution in [1.29, 1.82) is 0 Å². The molecule has 1 aromatic carbocycles. The summed E-state index contributed by atoms with van der Waals surface area (Å²) in [6.45, 7) is 2.77. The number of hydrogen-bond donors (Lipinski definition) is 1. The summed E-state index contributed by atoms with van der Waals surface area (Å²) in [6.07, 6.45) is 5.21. The van der Waals surface area contributed by atoms with Crippen molar-refractivity contribution >= 4 is 9.84 Å². The first-order valence-corrected chi connectivity index (χ1v) is 9.72. The van der Waals surface area contributed by atoms with E-state index in [1.54, 1.807) is 18.2 Å². The summed E-state index contributed by atoms with van der Waals surface area (Å²) in [4.78, 5) is 2.60. The van der Waals surface area contributed by atoms with Gasteiger partial charge in [0, 0.05) is 13.1 Å². The van der Waals surface area contributed by atoms with Gasteiger partial charge in [-0.15, -0.1) is 0 Å². The molecule has 0 amide bonds. The molecule has 1 saturated heterocycles. The molecule has 1 aromatic rings. The number of nitrogens with two attached hydrogens (primary N) is 1. The van der Waals surface area contributed by atoms with Crippen molar-refractivity contribution in [3.8, 4) is 0 Å². The number of nitrogens with zero attached hydrogens (tertiary/aromatic N) is 1. The zero-order valence-corrected chi connectivity index (χ0v) is 14.2. The summed E-state index contributed by atoms with van der Waals surface area (Å²) in [5, 5.41) is 0. The highest BCUT2D eigenvalue weighted by Crippen LogP contribution is 2.18. The first-order valence-electron chi connectivity index (χ1n) is 8.07. The Morgan fingerprint density at radius 3 is 2.52 bits per heavy atom. The Hall–Kier alpha value is -1.24. The van der Waals surface area contributed by atoms with Crippen LogP contribution in [0.4, 0.5) is 4.39 Å². The van der Waals surface area contributed by atoms with Gasteiger partial charge in [0.1, 0.15) is 0 Å². The van der Waals surface area contributed by atoms with Gasteiger partial charge in [0.2, 0.25) is 0 Å². The molecule has 128 valence electrons. The summed E-state index contributed by atoms with van der Waals surface area (Å²) < 4.78 is 37.4. The van der Waals surface area contributed by atoms with Gasteiger partial charge < -0.3 is 5.73 Å². The van der Waals surface area contributed by atoms with Gasteiger partial charge >= 0.3 is 0 Å². The van der Waals surface area contributed by atoms with E-state index >= 15 is 0 Å². The molecule has 0 unspecified atom stereocenters. The Balaban J connectivity index is 2.12. The molecule has 2 N–H and O–H groups in total. The molecule has 23 heavy (non-hydrogen) atoms. The fourth-order valence-electron chi connectivity index (χ4n) is 2.85. The van der Waals surface area contributed by atoms with Gasteiger partial charge in [0.25, 0.3) is 0 Å². The van der Waals surface area contributed by atoms with Gasteiger partial charge in [-0.25, -0.2) is 12.8 Å². The van der Waals surface area contributed by atoms with Crippen LogP contribution in [0, 0.1) is 0 Å². The van der Waals surface area contributed by atoms with Gasteiger partial charge in [-0.05, 0) is 49.2 Å². The van der Waals surface area contributed by atoms with Crippen LogP contribution in [0.2, 0.25) is 0 Å². The molecule has 4 nitrogen and oxygen atoms in total. The Bertz CT molecular complexity index is 636. The first-order chi connectivity index (χ1) is 11.0. The summed E-state index contributed by atoms with van der Waals surface area (Å²) in [7, 11) is -3.56. The average Bonchev–Trinajstić information content (AvgIpc) is 2.81. The van der Waals surface area contributed by atoms with Gasteiger partial charge in [0.15, 0.2) is 9.84 Å². The van der Waals surface area contributed by atoms with Crippen LogP contribution in [0.25, 0.3) is 0 Å². The molecular weight excluding hydrogens is 315 g/mol. The summed E-state index contributed by atoms with van der Waals surface area (Å²) in [5.41, 5.74) is 6.42. The van der Waals surface area contributed by atoms with Crippen LogP contribution in [-0.4, -0.2) is 38.7 Å². The van der Waals surface area contributed by atoms with Crippen molar-refractivity contribution in [2.24, 2.45) is 5.73 Å². The smallest absolute Gasteiger partial charge is 0.182 e. The van der Waals surface area contributed by atoms with Gasteiger partial charge in [-0.3, -0.25) is 4.90 Å². The number of sulfone groups is 1. The van der Waals surface area contributed by atoms with Crippen LogP contribution in [-0.2, 0) is 16.4 Å². The van der Waals surface area contributed by atoms with E-state index in [9.17, 15) is 12.8 Å². The van der Waals surface area contributed by atoms with Crippen LogP contribution in [0.3, 0.4) is 0 Å². The molecule has 0 bridgehead atoms. The molecule has 1 heterocycles. The van der Waals surface area contributed by atoms with E-state index in [0.29, 0.717) is 6.33 Å². The highest BCUT2D eigenvalue weighted by atomic mass is 32.2. The van der Waals surface area contributed by atoms with Crippen molar-refractivity contribution in [1.82, 2.24) is 4.90 Å². The Kier molecular flexibility index (Phi) is 6.74. The largest absolute Gasteiger partial charge is 0.327 e. The molecule has 1 fully saturated rings. The van der Waals surface area contributed by atoms with Crippen molar-refractivity contribution < 1.29 is 12.8 Å². The van der Waals surface area contributed by atoms with Crippen LogP contribution < -0.4 is 5.73 Å². The van der Waals surface area contributed by atoms with Gasteiger partial charge in [-0.2, -0.15) is 0 Å². The molecule has 0 atom stereocenters. The first kappa shape index (κ1) is 18.1. The Labute approximate surface area is 138 Å². The zero-order chi connectivity index (χ0) is 16.7. The maximum atomic E-state index is 12.6. The predicted octanol–water partition coefficient (Wildman–Crippen LogP) is 2.65. The zero-order valence-electron chi connectivity index (χ0n) is 13.4. The van der Waals surface area contributed by atoms with E-state index < -0.39 is 9.84 Å². The number of benzene rings is 1. The minimum atomic E-state index is -3.56. The molecule has 1 aliphatic rings. The van der Waals surface area contributed by atoms with Crippen molar-refractivity contribution in [2.75, 3.05) is 25.4 Å². The van der Waals surface area contributed by atoms with Gasteiger partial charge in [0.05, 0.1) is 17.0 Å². The Morgan fingerprint density at radius 1 is 1.22 bits per heavy atom. The van der Waals surface area contributed by atoms with E-state index in [4.69, 9.17) is 5.73 Å². The topological polar surface area (TPSA) is 63.4 Å². The minimum Gasteiger partial charge on any atom is -0.327 e. The second-order valence-corrected chi connectivity index (χ2v) is 8.06. The fraction of sp³-hybridized carbons (Fsp3) is 0.529. The van der Waals surface area contributed by atoms with Crippen molar-refractivity contribution in [3.05, 3.63) is 41.7 Å². The van der Waals surface area contributed by atoms with Crippen LogP contribution in [0.1, 0.15) is 31.2 Å². The highest BCUT2D eigenvalue weighted by Gasteiger charge is 2.18. The van der Waals surface area contributed by atoms with Crippen LogP contribution in [0.15, 0.2) is 41.1 Å². The molecule has 6 heteroatoms. The molecule has 0 saturated carbocycles. The van der Waals surface area contributed by atoms with E-state index in [-0.39, 0.29) is 22.8 Å². The second kappa shape index (κ2) is 8.57. The number of hydrogen-bond acceptors (Lipinski definition) is 4. The average molecular weight is 340 g/mol. The third kappa shape index (κ3) is 5.41. The van der Waals surface area contributed by atoms with Crippen LogP contribution in [0.5, 0.6) is 0 Å². The summed E-state index contributed by atoms with van der Waals surface area (Å²) in [5.74, 6) is -0.368. The lowest BCUT2D eigenvalue weighted by Gasteiger charge is -2.20. The SMILES string of the molecule is NC/C(=C\F)CS(=O)(=O)c1cccc(CN2CCCCCC2)c1. The monoisotopic (exact) mass is 340 g/mol. The van der Waals surface area contributed by atoms with E-state index in [0.717, 1.165) is 25.2 Å². The third-order valence-electron chi connectivity index (χ3n) is 4.15. The standard InChI is InChI=1S/C17H25FN2O2S/c18-11-16(12-19)14-23(21,22)17-7-5-6-15(10-17)13-20-8-3-1-2-4-9-20/h5-7,10-11H,1-4,8-9,12-14,19H2/b16-11+.